The molecule has 0 spiro atoms. The fourth-order valence-corrected chi connectivity index (χ4v) is 2.41. The molecular weight excluding hydrogens is 212 g/mol. The summed E-state index contributed by atoms with van der Waals surface area (Å²) in [6.45, 7) is 0. The van der Waals surface area contributed by atoms with Crippen molar-refractivity contribution in [1.82, 2.24) is 9.97 Å². The number of hydrogen-bond acceptors (Lipinski definition) is 3. The number of rotatable bonds is 2. The molecule has 0 amide bonds. The Balaban J connectivity index is 1.84. The normalized spacial score (nSPS) is 14.6. The van der Waals surface area contributed by atoms with E-state index in [1.807, 2.05) is 12.1 Å². The van der Waals surface area contributed by atoms with Crippen molar-refractivity contribution in [2.75, 3.05) is 0 Å². The van der Waals surface area contributed by atoms with Gasteiger partial charge < -0.3 is 0 Å². The standard InChI is InChI=1S/C14H12N2O/c17-14(13-7-15-9-16-8-13)12-5-10-3-1-2-4-11(10)6-12/h1-4,7-9,12H,5-6H2. The summed E-state index contributed by atoms with van der Waals surface area (Å²) in [5.41, 5.74) is 3.20. The van der Waals surface area contributed by atoms with E-state index >= 15 is 0 Å². The lowest BCUT2D eigenvalue weighted by atomic mass is 9.97. The summed E-state index contributed by atoms with van der Waals surface area (Å²) in [5, 5.41) is 0. The molecule has 0 N–H and O–H groups in total. The molecule has 1 aliphatic rings. The van der Waals surface area contributed by atoms with Gasteiger partial charge in [0.05, 0.1) is 5.56 Å². The first kappa shape index (κ1) is 10.1. The Labute approximate surface area is 99.5 Å². The van der Waals surface area contributed by atoms with Gasteiger partial charge in [0, 0.05) is 18.3 Å². The zero-order valence-electron chi connectivity index (χ0n) is 9.34. The van der Waals surface area contributed by atoms with Gasteiger partial charge in [0.1, 0.15) is 6.33 Å². The lowest BCUT2D eigenvalue weighted by Gasteiger charge is -2.06. The van der Waals surface area contributed by atoms with E-state index in [1.54, 1.807) is 12.4 Å². The average Bonchev–Trinajstić information content (AvgIpc) is 2.82. The monoisotopic (exact) mass is 224 g/mol. The summed E-state index contributed by atoms with van der Waals surface area (Å²) in [4.78, 5) is 20.0. The Morgan fingerprint density at radius 2 is 1.65 bits per heavy atom. The molecule has 0 saturated heterocycles. The molecule has 1 aliphatic carbocycles. The Kier molecular flexibility index (Phi) is 2.44. The SMILES string of the molecule is O=C(c1cncnc1)C1Cc2ccccc2C1. The third-order valence-electron chi connectivity index (χ3n) is 3.27. The third kappa shape index (κ3) is 1.84. The van der Waals surface area contributed by atoms with Crippen molar-refractivity contribution in [1.29, 1.82) is 0 Å². The van der Waals surface area contributed by atoms with Crippen LogP contribution in [0.25, 0.3) is 0 Å². The van der Waals surface area contributed by atoms with Gasteiger partial charge in [0.15, 0.2) is 5.78 Å². The van der Waals surface area contributed by atoms with E-state index in [9.17, 15) is 4.79 Å². The maximum absolute atomic E-state index is 12.2. The van der Waals surface area contributed by atoms with E-state index in [1.165, 1.54) is 17.5 Å². The Hall–Kier alpha value is -2.03. The molecule has 0 bridgehead atoms. The van der Waals surface area contributed by atoms with Gasteiger partial charge in [-0.1, -0.05) is 24.3 Å². The number of ketones is 1. The fourth-order valence-electron chi connectivity index (χ4n) is 2.41. The molecule has 1 heterocycles. The van der Waals surface area contributed by atoms with Crippen molar-refractivity contribution in [2.24, 2.45) is 5.92 Å². The molecule has 3 heteroatoms. The van der Waals surface area contributed by atoms with Crippen LogP contribution in [0, 0.1) is 5.92 Å². The van der Waals surface area contributed by atoms with Crippen LogP contribution in [0.15, 0.2) is 43.0 Å². The number of nitrogens with zero attached hydrogens (tertiary/aromatic N) is 2. The van der Waals surface area contributed by atoms with Crippen molar-refractivity contribution >= 4 is 5.78 Å². The predicted molar refractivity (Wildman–Crippen MR) is 63.7 cm³/mol. The van der Waals surface area contributed by atoms with Crippen molar-refractivity contribution in [3.63, 3.8) is 0 Å². The summed E-state index contributed by atoms with van der Waals surface area (Å²) in [7, 11) is 0. The highest BCUT2D eigenvalue weighted by Gasteiger charge is 2.27. The number of Topliss-reactive ketones (excluding diaryl/α,β-unsaturated/α-hetero) is 1. The van der Waals surface area contributed by atoms with Gasteiger partial charge in [-0.15, -0.1) is 0 Å². The minimum absolute atomic E-state index is 0.0541. The van der Waals surface area contributed by atoms with Gasteiger partial charge in [0.25, 0.3) is 0 Å². The van der Waals surface area contributed by atoms with Gasteiger partial charge in [-0.3, -0.25) is 4.79 Å². The number of carbonyl (C=O) groups excluding carboxylic acids is 1. The second kappa shape index (κ2) is 4.09. The van der Waals surface area contributed by atoms with Gasteiger partial charge in [0.2, 0.25) is 0 Å². The molecule has 1 aromatic carbocycles. The highest BCUT2D eigenvalue weighted by Crippen LogP contribution is 2.28. The molecule has 0 unspecified atom stereocenters. The van der Waals surface area contributed by atoms with E-state index < -0.39 is 0 Å². The first-order valence-corrected chi connectivity index (χ1v) is 5.70. The first-order chi connectivity index (χ1) is 8.34. The maximum Gasteiger partial charge on any atom is 0.169 e. The summed E-state index contributed by atoms with van der Waals surface area (Å²) in [6.07, 6.45) is 6.31. The van der Waals surface area contributed by atoms with Gasteiger partial charge in [-0.05, 0) is 24.0 Å². The summed E-state index contributed by atoms with van der Waals surface area (Å²) in [6, 6.07) is 8.25. The van der Waals surface area contributed by atoms with Crippen LogP contribution >= 0.6 is 0 Å². The molecular formula is C14H12N2O. The molecule has 2 aromatic rings. The summed E-state index contributed by atoms with van der Waals surface area (Å²) >= 11 is 0. The lowest BCUT2D eigenvalue weighted by Crippen LogP contribution is -2.15. The Morgan fingerprint density at radius 1 is 1.06 bits per heavy atom. The molecule has 0 fully saturated rings. The Morgan fingerprint density at radius 3 is 2.24 bits per heavy atom. The number of benzene rings is 1. The molecule has 3 rings (SSSR count). The van der Waals surface area contributed by atoms with Gasteiger partial charge in [-0.25, -0.2) is 9.97 Å². The maximum atomic E-state index is 12.2. The lowest BCUT2D eigenvalue weighted by molar-refractivity contribution is 0.0924. The van der Waals surface area contributed by atoms with Crippen molar-refractivity contribution in [3.8, 4) is 0 Å². The van der Waals surface area contributed by atoms with E-state index in [0.717, 1.165) is 12.8 Å². The minimum Gasteiger partial charge on any atom is -0.294 e. The minimum atomic E-state index is 0.0541. The van der Waals surface area contributed by atoms with Crippen molar-refractivity contribution in [3.05, 3.63) is 59.7 Å². The molecule has 0 saturated carbocycles. The topological polar surface area (TPSA) is 42.9 Å². The molecule has 1 aromatic heterocycles. The smallest absolute Gasteiger partial charge is 0.169 e. The second-order valence-electron chi connectivity index (χ2n) is 4.37. The first-order valence-electron chi connectivity index (χ1n) is 5.70. The van der Waals surface area contributed by atoms with Crippen LogP contribution in [0.2, 0.25) is 0 Å². The van der Waals surface area contributed by atoms with E-state index in [2.05, 4.69) is 22.1 Å². The number of aromatic nitrogens is 2. The quantitative estimate of drug-likeness (QED) is 0.733. The number of carbonyl (C=O) groups is 1. The van der Waals surface area contributed by atoms with Crippen molar-refractivity contribution < 1.29 is 4.79 Å². The molecule has 3 nitrogen and oxygen atoms in total. The molecule has 0 radical (unpaired) electrons. The van der Waals surface area contributed by atoms with Crippen LogP contribution < -0.4 is 0 Å². The molecule has 0 aliphatic heterocycles. The summed E-state index contributed by atoms with van der Waals surface area (Å²) < 4.78 is 0. The van der Waals surface area contributed by atoms with Crippen LogP contribution in [-0.2, 0) is 12.8 Å². The number of hydrogen-bond donors (Lipinski definition) is 0. The van der Waals surface area contributed by atoms with Crippen LogP contribution in [0.5, 0.6) is 0 Å². The molecule has 0 atom stereocenters. The molecule has 17 heavy (non-hydrogen) atoms. The third-order valence-corrected chi connectivity index (χ3v) is 3.27. The predicted octanol–water partition coefficient (Wildman–Crippen LogP) is 2.07. The zero-order chi connectivity index (χ0) is 11.7. The largest absolute Gasteiger partial charge is 0.294 e. The summed E-state index contributed by atoms with van der Waals surface area (Å²) in [5.74, 6) is 0.209. The van der Waals surface area contributed by atoms with Gasteiger partial charge >= 0.3 is 0 Å². The highest BCUT2D eigenvalue weighted by atomic mass is 16.1. The van der Waals surface area contributed by atoms with Gasteiger partial charge in [-0.2, -0.15) is 0 Å². The average molecular weight is 224 g/mol. The number of fused-ring (bicyclic) bond motifs is 1. The van der Waals surface area contributed by atoms with E-state index in [-0.39, 0.29) is 11.7 Å². The van der Waals surface area contributed by atoms with Crippen LogP contribution in [0.3, 0.4) is 0 Å². The van der Waals surface area contributed by atoms with Crippen molar-refractivity contribution in [2.45, 2.75) is 12.8 Å². The van der Waals surface area contributed by atoms with Crippen LogP contribution in [0.1, 0.15) is 21.5 Å². The Bertz CT molecular complexity index is 526. The van der Waals surface area contributed by atoms with Crippen LogP contribution in [-0.4, -0.2) is 15.8 Å². The second-order valence-corrected chi connectivity index (χ2v) is 4.37. The van der Waals surface area contributed by atoms with E-state index in [4.69, 9.17) is 0 Å². The zero-order valence-corrected chi connectivity index (χ0v) is 9.34. The van der Waals surface area contributed by atoms with E-state index in [0.29, 0.717) is 5.56 Å². The fraction of sp³-hybridized carbons (Fsp3) is 0.214. The molecule has 84 valence electrons. The van der Waals surface area contributed by atoms with Crippen LogP contribution in [0.4, 0.5) is 0 Å². The highest BCUT2D eigenvalue weighted by molar-refractivity contribution is 5.98.